The number of aldehydes is 1. The number of nitrogens with one attached hydrogen (secondary N) is 2. The van der Waals surface area contributed by atoms with Gasteiger partial charge in [-0.05, 0) is 29.2 Å². The van der Waals surface area contributed by atoms with E-state index in [2.05, 4.69) is 10.6 Å². The molecule has 0 heterocycles. The molecular weight excluding hydrogens is 444 g/mol. The zero-order chi connectivity index (χ0) is 24.9. The first-order valence-corrected chi connectivity index (χ1v) is 11.4. The molecule has 0 aliphatic rings. The van der Waals surface area contributed by atoms with Gasteiger partial charge in [0.15, 0.2) is 0 Å². The zero-order valence-electron chi connectivity index (χ0n) is 19.7. The lowest BCUT2D eigenvalue weighted by molar-refractivity contribution is -0.144. The van der Waals surface area contributed by atoms with Gasteiger partial charge in [0, 0.05) is 6.42 Å². The lowest BCUT2D eigenvalue weighted by Gasteiger charge is -2.21. The summed E-state index contributed by atoms with van der Waals surface area (Å²) in [6, 6.07) is 24.7. The fraction of sp³-hybridized carbons (Fsp3) is 0.250. The highest BCUT2D eigenvalue weighted by Crippen LogP contribution is 2.18. The third-order valence-electron chi connectivity index (χ3n) is 5.46. The molecule has 1 amide bonds. The van der Waals surface area contributed by atoms with E-state index in [4.69, 9.17) is 9.47 Å². The van der Waals surface area contributed by atoms with Crippen LogP contribution in [0.5, 0.6) is 5.75 Å². The van der Waals surface area contributed by atoms with E-state index in [1.165, 1.54) is 0 Å². The molecule has 0 aliphatic carbocycles. The summed E-state index contributed by atoms with van der Waals surface area (Å²) in [4.78, 5) is 37.2. The second kappa shape index (κ2) is 13.7. The summed E-state index contributed by atoms with van der Waals surface area (Å²) in [6.07, 6.45) is 1.34. The van der Waals surface area contributed by atoms with Crippen LogP contribution in [0.1, 0.15) is 16.7 Å². The number of hydrogen-bond acceptors (Lipinski definition) is 6. The van der Waals surface area contributed by atoms with Crippen LogP contribution in [0, 0.1) is 0 Å². The van der Waals surface area contributed by atoms with Gasteiger partial charge in [0.1, 0.15) is 18.6 Å². The van der Waals surface area contributed by atoms with Gasteiger partial charge < -0.3 is 19.6 Å². The second-order valence-electron chi connectivity index (χ2n) is 8.04. The molecule has 0 unspecified atom stereocenters. The Morgan fingerprint density at radius 1 is 0.857 bits per heavy atom. The summed E-state index contributed by atoms with van der Waals surface area (Å²) in [7, 11) is 1.56. The SMILES string of the molecule is COc1ccccc1C[C@@H](C=O)NC(=O)[C@H](Cc1ccccc1)NCC(=O)OCc1ccccc1. The molecule has 182 valence electrons. The molecular formula is C28H30N2O5. The lowest BCUT2D eigenvalue weighted by atomic mass is 10.0. The summed E-state index contributed by atoms with van der Waals surface area (Å²) in [5, 5.41) is 5.78. The second-order valence-corrected chi connectivity index (χ2v) is 8.04. The van der Waals surface area contributed by atoms with Gasteiger partial charge >= 0.3 is 5.97 Å². The summed E-state index contributed by atoms with van der Waals surface area (Å²) in [6.45, 7) is 0.0129. The Morgan fingerprint density at radius 3 is 2.14 bits per heavy atom. The summed E-state index contributed by atoms with van der Waals surface area (Å²) < 4.78 is 10.7. The maximum atomic E-state index is 13.1. The molecule has 7 nitrogen and oxygen atoms in total. The first-order chi connectivity index (χ1) is 17.1. The molecule has 3 aromatic rings. The maximum Gasteiger partial charge on any atom is 0.320 e. The van der Waals surface area contributed by atoms with Crippen LogP contribution in [0.25, 0.3) is 0 Å². The van der Waals surface area contributed by atoms with E-state index in [1.54, 1.807) is 13.2 Å². The fourth-order valence-electron chi connectivity index (χ4n) is 3.63. The Kier molecular flexibility index (Phi) is 10.0. The summed E-state index contributed by atoms with van der Waals surface area (Å²) in [5.74, 6) is -0.203. The minimum atomic E-state index is -0.746. The van der Waals surface area contributed by atoms with Crippen LogP contribution in [0.4, 0.5) is 0 Å². The number of amides is 1. The molecule has 0 spiro atoms. The van der Waals surface area contributed by atoms with Crippen molar-refractivity contribution in [1.29, 1.82) is 0 Å². The van der Waals surface area contributed by atoms with Crippen molar-refractivity contribution in [2.75, 3.05) is 13.7 Å². The molecule has 7 heteroatoms. The highest BCUT2D eigenvalue weighted by atomic mass is 16.5. The van der Waals surface area contributed by atoms with Crippen molar-refractivity contribution in [3.8, 4) is 5.75 Å². The van der Waals surface area contributed by atoms with Gasteiger partial charge in [0.05, 0.1) is 25.7 Å². The molecule has 0 saturated carbocycles. The molecule has 2 N–H and O–H groups in total. The average molecular weight is 475 g/mol. The summed E-state index contributed by atoms with van der Waals surface area (Å²) >= 11 is 0. The molecule has 0 saturated heterocycles. The predicted molar refractivity (Wildman–Crippen MR) is 133 cm³/mol. The van der Waals surface area contributed by atoms with Gasteiger partial charge in [0.25, 0.3) is 0 Å². The third kappa shape index (κ3) is 8.39. The van der Waals surface area contributed by atoms with Crippen LogP contribution < -0.4 is 15.4 Å². The van der Waals surface area contributed by atoms with E-state index in [-0.39, 0.29) is 25.5 Å². The Bertz CT molecular complexity index is 1090. The van der Waals surface area contributed by atoms with Crippen molar-refractivity contribution < 1.29 is 23.9 Å². The van der Waals surface area contributed by atoms with Crippen molar-refractivity contribution in [2.24, 2.45) is 0 Å². The van der Waals surface area contributed by atoms with E-state index in [9.17, 15) is 14.4 Å². The largest absolute Gasteiger partial charge is 0.496 e. The molecule has 2 atom stereocenters. The van der Waals surface area contributed by atoms with E-state index >= 15 is 0 Å². The topological polar surface area (TPSA) is 93.7 Å². The molecule has 3 rings (SSSR count). The lowest BCUT2D eigenvalue weighted by Crippen LogP contribution is -2.51. The highest BCUT2D eigenvalue weighted by molar-refractivity contribution is 5.85. The smallest absolute Gasteiger partial charge is 0.320 e. The number of rotatable bonds is 13. The average Bonchev–Trinajstić information content (AvgIpc) is 2.90. The van der Waals surface area contributed by atoms with Gasteiger partial charge in [-0.2, -0.15) is 0 Å². The van der Waals surface area contributed by atoms with Crippen molar-refractivity contribution in [2.45, 2.75) is 31.5 Å². The van der Waals surface area contributed by atoms with Crippen molar-refractivity contribution in [3.63, 3.8) is 0 Å². The Morgan fingerprint density at radius 2 is 1.49 bits per heavy atom. The molecule has 0 aromatic heterocycles. The minimum Gasteiger partial charge on any atom is -0.496 e. The van der Waals surface area contributed by atoms with E-state index < -0.39 is 18.1 Å². The predicted octanol–water partition coefficient (Wildman–Crippen LogP) is 2.87. The van der Waals surface area contributed by atoms with Crippen LogP contribution >= 0.6 is 0 Å². The fourth-order valence-corrected chi connectivity index (χ4v) is 3.63. The molecule has 0 radical (unpaired) electrons. The van der Waals surface area contributed by atoms with Gasteiger partial charge in [0.2, 0.25) is 5.91 Å². The summed E-state index contributed by atoms with van der Waals surface area (Å²) in [5.41, 5.74) is 2.61. The molecule has 0 fully saturated rings. The number of para-hydroxylation sites is 1. The van der Waals surface area contributed by atoms with Gasteiger partial charge in [-0.25, -0.2) is 0 Å². The van der Waals surface area contributed by atoms with Crippen LogP contribution in [0.2, 0.25) is 0 Å². The quantitative estimate of drug-likeness (QED) is 0.292. The number of esters is 1. The third-order valence-corrected chi connectivity index (χ3v) is 5.46. The molecule has 35 heavy (non-hydrogen) atoms. The Hall–Kier alpha value is -3.97. The van der Waals surface area contributed by atoms with Crippen LogP contribution in [0.15, 0.2) is 84.9 Å². The van der Waals surface area contributed by atoms with Crippen molar-refractivity contribution in [1.82, 2.24) is 10.6 Å². The molecule has 3 aromatic carbocycles. The van der Waals surface area contributed by atoms with Gasteiger partial charge in [-0.15, -0.1) is 0 Å². The van der Waals surface area contributed by atoms with Crippen molar-refractivity contribution >= 4 is 18.2 Å². The maximum absolute atomic E-state index is 13.1. The first-order valence-electron chi connectivity index (χ1n) is 11.4. The Balaban J connectivity index is 1.62. The minimum absolute atomic E-state index is 0.143. The number of carbonyl (C=O) groups is 3. The first kappa shape index (κ1) is 25.6. The normalized spacial score (nSPS) is 12.3. The van der Waals surface area contributed by atoms with E-state index in [1.807, 2.05) is 78.9 Å². The number of carbonyl (C=O) groups excluding carboxylic acids is 3. The standard InChI is InChI=1S/C28H30N2O5/c1-34-26-15-9-8-14-23(26)17-24(19-31)30-28(33)25(16-21-10-4-2-5-11-21)29-18-27(32)35-20-22-12-6-3-7-13-22/h2-15,19,24-25,29H,16-18,20H2,1H3,(H,30,33)/t24-,25-/m0/s1. The Labute approximate surface area is 205 Å². The number of ether oxygens (including phenoxy) is 2. The number of hydrogen-bond donors (Lipinski definition) is 2. The van der Waals surface area contributed by atoms with Gasteiger partial charge in [-0.1, -0.05) is 78.9 Å². The zero-order valence-corrected chi connectivity index (χ0v) is 19.7. The van der Waals surface area contributed by atoms with Crippen LogP contribution in [0.3, 0.4) is 0 Å². The highest BCUT2D eigenvalue weighted by Gasteiger charge is 2.23. The van der Waals surface area contributed by atoms with Crippen LogP contribution in [-0.2, 0) is 38.6 Å². The number of methoxy groups -OCH3 is 1. The van der Waals surface area contributed by atoms with Gasteiger partial charge in [-0.3, -0.25) is 14.9 Å². The van der Waals surface area contributed by atoms with Crippen LogP contribution in [-0.4, -0.2) is 43.9 Å². The number of benzene rings is 3. The molecule has 0 bridgehead atoms. The van der Waals surface area contributed by atoms with Crippen molar-refractivity contribution in [3.05, 3.63) is 102 Å². The van der Waals surface area contributed by atoms with E-state index in [0.717, 1.165) is 16.7 Å². The monoisotopic (exact) mass is 474 g/mol. The molecule has 0 aliphatic heterocycles. The van der Waals surface area contributed by atoms with E-state index in [0.29, 0.717) is 18.5 Å².